The SMILES string of the molecule is N#Cc1nn(-c2cc(Cl)c(Oc3ccc4ncn(CCN5CCCC5)c4c3)c(Cl)c2)c(=O)[nH]c1=O. The molecule has 0 saturated carbocycles. The van der Waals surface area contributed by atoms with Gasteiger partial charge in [0, 0.05) is 19.2 Å². The second-order valence-electron chi connectivity index (χ2n) is 8.11. The van der Waals surface area contributed by atoms with Gasteiger partial charge in [0.15, 0.2) is 5.75 Å². The lowest BCUT2D eigenvalue weighted by atomic mass is 10.2. The molecule has 0 atom stereocenters. The number of benzene rings is 2. The molecule has 0 amide bonds. The molecule has 2 aromatic heterocycles. The van der Waals surface area contributed by atoms with Crippen molar-refractivity contribution in [3.63, 3.8) is 0 Å². The van der Waals surface area contributed by atoms with Gasteiger partial charge in [0.1, 0.15) is 11.8 Å². The number of hydrogen-bond donors (Lipinski definition) is 1. The molecule has 0 unspecified atom stereocenters. The Labute approximate surface area is 208 Å². The Kier molecular flexibility index (Phi) is 6.30. The van der Waals surface area contributed by atoms with Crippen molar-refractivity contribution in [3.8, 4) is 23.3 Å². The molecule has 2 aromatic carbocycles. The van der Waals surface area contributed by atoms with E-state index in [4.69, 9.17) is 33.2 Å². The lowest BCUT2D eigenvalue weighted by Crippen LogP contribution is -2.33. The Morgan fingerprint density at radius 3 is 2.54 bits per heavy atom. The van der Waals surface area contributed by atoms with E-state index < -0.39 is 16.9 Å². The van der Waals surface area contributed by atoms with Gasteiger partial charge in [-0.25, -0.2) is 9.78 Å². The zero-order chi connectivity index (χ0) is 24.5. The predicted molar refractivity (Wildman–Crippen MR) is 131 cm³/mol. The first-order valence-electron chi connectivity index (χ1n) is 10.9. The molecule has 1 N–H and O–H groups in total. The van der Waals surface area contributed by atoms with Crippen molar-refractivity contribution in [2.45, 2.75) is 19.4 Å². The number of ether oxygens (including phenoxy) is 1. The van der Waals surface area contributed by atoms with Crippen molar-refractivity contribution in [2.24, 2.45) is 0 Å². The molecular weight excluding hydrogens is 493 g/mol. The number of H-pyrrole nitrogens is 1. The summed E-state index contributed by atoms with van der Waals surface area (Å²) < 4.78 is 8.93. The molecule has 1 aliphatic heterocycles. The van der Waals surface area contributed by atoms with Crippen molar-refractivity contribution in [3.05, 3.63) is 73.2 Å². The summed E-state index contributed by atoms with van der Waals surface area (Å²) in [5.74, 6) is 0.709. The number of nitriles is 1. The molecule has 10 nitrogen and oxygen atoms in total. The van der Waals surface area contributed by atoms with E-state index in [2.05, 4.69) is 19.5 Å². The molecular formula is C23H19Cl2N7O3. The zero-order valence-electron chi connectivity index (χ0n) is 18.4. The number of aromatic nitrogens is 5. The van der Waals surface area contributed by atoms with E-state index >= 15 is 0 Å². The molecule has 35 heavy (non-hydrogen) atoms. The van der Waals surface area contributed by atoms with Crippen molar-refractivity contribution < 1.29 is 4.74 Å². The van der Waals surface area contributed by atoms with Gasteiger partial charge in [-0.2, -0.15) is 9.94 Å². The Morgan fingerprint density at radius 1 is 1.09 bits per heavy atom. The monoisotopic (exact) mass is 511 g/mol. The molecule has 0 radical (unpaired) electrons. The third-order valence-electron chi connectivity index (χ3n) is 5.83. The van der Waals surface area contributed by atoms with Crippen LogP contribution in [-0.2, 0) is 6.54 Å². The number of likely N-dealkylation sites (tertiary alicyclic amines) is 1. The van der Waals surface area contributed by atoms with Crippen LogP contribution in [0.3, 0.4) is 0 Å². The van der Waals surface area contributed by atoms with Crippen molar-refractivity contribution in [2.75, 3.05) is 19.6 Å². The van der Waals surface area contributed by atoms with Crippen molar-refractivity contribution in [1.29, 1.82) is 5.26 Å². The highest BCUT2D eigenvalue weighted by molar-refractivity contribution is 6.37. The van der Waals surface area contributed by atoms with Crippen LogP contribution in [0.4, 0.5) is 0 Å². The van der Waals surface area contributed by atoms with Crippen LogP contribution in [0.2, 0.25) is 10.0 Å². The Bertz CT molecular complexity index is 1560. The smallest absolute Gasteiger partial charge is 0.349 e. The van der Waals surface area contributed by atoms with Crippen LogP contribution in [0.5, 0.6) is 11.5 Å². The quantitative estimate of drug-likeness (QED) is 0.421. The topological polar surface area (TPSA) is 122 Å². The molecule has 1 fully saturated rings. The first-order valence-corrected chi connectivity index (χ1v) is 11.7. The summed E-state index contributed by atoms with van der Waals surface area (Å²) in [7, 11) is 0. The van der Waals surface area contributed by atoms with Crippen LogP contribution in [0.25, 0.3) is 16.7 Å². The highest BCUT2D eigenvalue weighted by atomic mass is 35.5. The van der Waals surface area contributed by atoms with Gasteiger partial charge in [0.25, 0.3) is 5.56 Å². The number of nitrogens with zero attached hydrogens (tertiary/aromatic N) is 6. The molecule has 4 aromatic rings. The summed E-state index contributed by atoms with van der Waals surface area (Å²) in [5.41, 5.74) is -0.225. The maximum atomic E-state index is 12.2. The molecule has 1 saturated heterocycles. The van der Waals surface area contributed by atoms with E-state index in [0.717, 1.165) is 41.9 Å². The number of rotatable bonds is 6. The molecule has 0 bridgehead atoms. The number of hydrogen-bond acceptors (Lipinski definition) is 7. The molecule has 3 heterocycles. The molecule has 0 aliphatic carbocycles. The van der Waals surface area contributed by atoms with E-state index in [-0.39, 0.29) is 21.5 Å². The number of imidazole rings is 1. The van der Waals surface area contributed by atoms with Crippen LogP contribution in [0, 0.1) is 11.3 Å². The largest absolute Gasteiger partial charge is 0.454 e. The minimum atomic E-state index is -0.874. The van der Waals surface area contributed by atoms with Gasteiger partial charge in [-0.15, -0.1) is 5.10 Å². The van der Waals surface area contributed by atoms with E-state index in [1.54, 1.807) is 12.1 Å². The minimum Gasteiger partial charge on any atom is -0.454 e. The fourth-order valence-corrected chi connectivity index (χ4v) is 4.62. The molecule has 0 spiro atoms. The van der Waals surface area contributed by atoms with Gasteiger partial charge in [0.05, 0.1) is 33.1 Å². The third-order valence-corrected chi connectivity index (χ3v) is 6.39. The average Bonchev–Trinajstić information content (AvgIpc) is 3.49. The van der Waals surface area contributed by atoms with Crippen LogP contribution in [-0.4, -0.2) is 48.8 Å². The lowest BCUT2D eigenvalue weighted by molar-refractivity contribution is 0.324. The van der Waals surface area contributed by atoms with Gasteiger partial charge < -0.3 is 14.2 Å². The summed E-state index contributed by atoms with van der Waals surface area (Å²) in [6.07, 6.45) is 4.31. The molecule has 5 rings (SSSR count). The number of fused-ring (bicyclic) bond motifs is 1. The minimum absolute atomic E-state index is 0.119. The fraction of sp³-hybridized carbons (Fsp3) is 0.261. The van der Waals surface area contributed by atoms with Gasteiger partial charge in [-0.1, -0.05) is 23.2 Å². The van der Waals surface area contributed by atoms with E-state index in [1.165, 1.54) is 25.0 Å². The average molecular weight is 512 g/mol. The summed E-state index contributed by atoms with van der Waals surface area (Å²) in [6.45, 7) is 4.04. The van der Waals surface area contributed by atoms with Gasteiger partial charge in [-0.3, -0.25) is 9.78 Å². The molecule has 1 aliphatic rings. The second kappa shape index (κ2) is 9.54. The standard InChI is InChI=1S/C23H19Cl2N7O3/c24-16-9-14(32-23(34)28-22(33)19(12-26)29-32)10-17(25)21(16)35-15-3-4-18-20(11-15)31(13-27-18)8-7-30-5-1-2-6-30/h3-4,9-11,13H,1-2,5-8H2,(H,28,33,34). The summed E-state index contributed by atoms with van der Waals surface area (Å²) in [5, 5.41) is 13.0. The van der Waals surface area contributed by atoms with Crippen LogP contribution in [0.15, 0.2) is 46.2 Å². The highest BCUT2D eigenvalue weighted by Gasteiger charge is 2.16. The predicted octanol–water partition coefficient (Wildman–Crippen LogP) is 3.34. The number of nitrogens with one attached hydrogen (secondary N) is 1. The Balaban J connectivity index is 1.43. The van der Waals surface area contributed by atoms with Gasteiger partial charge in [-0.05, 0) is 50.2 Å². The number of aromatic amines is 1. The second-order valence-corrected chi connectivity index (χ2v) is 8.92. The van der Waals surface area contributed by atoms with Crippen LogP contribution < -0.4 is 16.0 Å². The fourth-order valence-electron chi connectivity index (χ4n) is 4.07. The highest BCUT2D eigenvalue weighted by Crippen LogP contribution is 2.38. The van der Waals surface area contributed by atoms with Gasteiger partial charge >= 0.3 is 5.69 Å². The Morgan fingerprint density at radius 2 is 1.83 bits per heavy atom. The first kappa shape index (κ1) is 23.1. The summed E-state index contributed by atoms with van der Waals surface area (Å²) in [6, 6.07) is 9.97. The Hall–Kier alpha value is -3.65. The molecule has 178 valence electrons. The summed E-state index contributed by atoms with van der Waals surface area (Å²) in [4.78, 5) is 32.7. The van der Waals surface area contributed by atoms with Crippen LogP contribution >= 0.6 is 23.2 Å². The summed E-state index contributed by atoms with van der Waals surface area (Å²) >= 11 is 12.9. The normalized spacial score (nSPS) is 13.9. The van der Waals surface area contributed by atoms with E-state index in [9.17, 15) is 9.59 Å². The van der Waals surface area contributed by atoms with E-state index in [1.807, 2.05) is 23.4 Å². The molecule has 12 heteroatoms. The third kappa shape index (κ3) is 4.66. The van der Waals surface area contributed by atoms with Crippen molar-refractivity contribution in [1.82, 2.24) is 29.2 Å². The van der Waals surface area contributed by atoms with Gasteiger partial charge in [0.2, 0.25) is 5.69 Å². The number of halogens is 2. The maximum Gasteiger partial charge on any atom is 0.349 e. The van der Waals surface area contributed by atoms with Crippen molar-refractivity contribution >= 4 is 34.2 Å². The lowest BCUT2D eigenvalue weighted by Gasteiger charge is -2.15. The first-order chi connectivity index (χ1) is 16.9. The maximum absolute atomic E-state index is 12.2. The van der Waals surface area contributed by atoms with E-state index in [0.29, 0.717) is 5.75 Å². The zero-order valence-corrected chi connectivity index (χ0v) is 19.9. The van der Waals surface area contributed by atoms with Crippen LogP contribution in [0.1, 0.15) is 18.5 Å².